The van der Waals surface area contributed by atoms with Gasteiger partial charge in [-0.2, -0.15) is 0 Å². The average Bonchev–Trinajstić information content (AvgIpc) is 2.48. The molecule has 4 heteroatoms. The van der Waals surface area contributed by atoms with E-state index in [0.717, 1.165) is 17.9 Å². The third kappa shape index (κ3) is 2.08. The Balaban J connectivity index is 2.85. The Kier molecular flexibility index (Phi) is 3.06. The first-order chi connectivity index (χ1) is 6.19. The highest BCUT2D eigenvalue weighted by atomic mass is 16.5. The number of imidazole rings is 1. The van der Waals surface area contributed by atoms with E-state index in [-0.39, 0.29) is 5.97 Å². The summed E-state index contributed by atoms with van der Waals surface area (Å²) in [7, 11) is 1.39. The van der Waals surface area contributed by atoms with E-state index >= 15 is 0 Å². The number of aryl methyl sites for hydroxylation is 2. The quantitative estimate of drug-likeness (QED) is 0.653. The predicted molar refractivity (Wildman–Crippen MR) is 48.4 cm³/mol. The number of carbonyl (C=O) groups is 1. The maximum atomic E-state index is 11.0. The molecular formula is C9H14N2O2. The smallest absolute Gasteiger partial charge is 0.311 e. The van der Waals surface area contributed by atoms with Crippen molar-refractivity contribution in [2.24, 2.45) is 0 Å². The Hall–Kier alpha value is -1.32. The molecule has 0 saturated heterocycles. The standard InChI is InChI=1S/C9H14N2O2/c1-4-11-6-10-7(2)8(11)5-9(12)13-3/h6H,4-5H2,1-3H3. The lowest BCUT2D eigenvalue weighted by atomic mass is 10.2. The van der Waals surface area contributed by atoms with Crippen LogP contribution in [0.3, 0.4) is 0 Å². The van der Waals surface area contributed by atoms with Crippen molar-refractivity contribution >= 4 is 5.97 Å². The van der Waals surface area contributed by atoms with Gasteiger partial charge in [-0.25, -0.2) is 4.98 Å². The first-order valence-electron chi connectivity index (χ1n) is 4.26. The van der Waals surface area contributed by atoms with Crippen molar-refractivity contribution in [1.82, 2.24) is 9.55 Å². The van der Waals surface area contributed by atoms with Crippen LogP contribution in [0, 0.1) is 6.92 Å². The number of aromatic nitrogens is 2. The minimum Gasteiger partial charge on any atom is -0.469 e. The van der Waals surface area contributed by atoms with E-state index in [1.54, 1.807) is 6.33 Å². The van der Waals surface area contributed by atoms with Gasteiger partial charge in [0.2, 0.25) is 0 Å². The largest absolute Gasteiger partial charge is 0.469 e. The van der Waals surface area contributed by atoms with E-state index in [1.807, 2.05) is 18.4 Å². The van der Waals surface area contributed by atoms with Gasteiger partial charge in [0.25, 0.3) is 0 Å². The number of methoxy groups -OCH3 is 1. The van der Waals surface area contributed by atoms with E-state index in [1.165, 1.54) is 7.11 Å². The monoisotopic (exact) mass is 182 g/mol. The molecule has 13 heavy (non-hydrogen) atoms. The Bertz CT molecular complexity index is 305. The highest BCUT2D eigenvalue weighted by Gasteiger charge is 2.10. The fourth-order valence-electron chi connectivity index (χ4n) is 1.22. The second kappa shape index (κ2) is 4.07. The van der Waals surface area contributed by atoms with Crippen LogP contribution in [0.25, 0.3) is 0 Å². The summed E-state index contributed by atoms with van der Waals surface area (Å²) < 4.78 is 6.55. The van der Waals surface area contributed by atoms with E-state index in [9.17, 15) is 4.79 Å². The zero-order valence-corrected chi connectivity index (χ0v) is 8.20. The van der Waals surface area contributed by atoms with Crippen molar-refractivity contribution in [3.05, 3.63) is 17.7 Å². The fraction of sp³-hybridized carbons (Fsp3) is 0.556. The van der Waals surface area contributed by atoms with Crippen LogP contribution < -0.4 is 0 Å². The van der Waals surface area contributed by atoms with Gasteiger partial charge in [-0.1, -0.05) is 0 Å². The third-order valence-electron chi connectivity index (χ3n) is 2.04. The van der Waals surface area contributed by atoms with E-state index in [2.05, 4.69) is 9.72 Å². The van der Waals surface area contributed by atoms with Crippen molar-refractivity contribution < 1.29 is 9.53 Å². The van der Waals surface area contributed by atoms with Gasteiger partial charge in [-0.3, -0.25) is 4.79 Å². The highest BCUT2D eigenvalue weighted by molar-refractivity contribution is 5.72. The number of hydrogen-bond acceptors (Lipinski definition) is 3. The number of carbonyl (C=O) groups excluding carboxylic acids is 1. The van der Waals surface area contributed by atoms with Crippen molar-refractivity contribution in [2.75, 3.05) is 7.11 Å². The van der Waals surface area contributed by atoms with Crippen LogP contribution in [0.4, 0.5) is 0 Å². The lowest BCUT2D eigenvalue weighted by Gasteiger charge is -2.04. The van der Waals surface area contributed by atoms with Gasteiger partial charge in [-0.15, -0.1) is 0 Å². The molecule has 0 aliphatic carbocycles. The fourth-order valence-corrected chi connectivity index (χ4v) is 1.22. The zero-order valence-electron chi connectivity index (χ0n) is 8.20. The molecule has 0 radical (unpaired) electrons. The lowest BCUT2D eigenvalue weighted by Crippen LogP contribution is -2.10. The maximum absolute atomic E-state index is 11.0. The molecule has 0 fully saturated rings. The summed E-state index contributed by atoms with van der Waals surface area (Å²) in [5.41, 5.74) is 1.83. The van der Waals surface area contributed by atoms with Crippen molar-refractivity contribution in [3.63, 3.8) is 0 Å². The predicted octanol–water partition coefficient (Wildman–Crippen LogP) is 0.927. The van der Waals surface area contributed by atoms with Gasteiger partial charge >= 0.3 is 5.97 Å². The summed E-state index contributed by atoms with van der Waals surface area (Å²) in [6.07, 6.45) is 2.05. The lowest BCUT2D eigenvalue weighted by molar-refractivity contribution is -0.139. The van der Waals surface area contributed by atoms with Crippen LogP contribution in [0.1, 0.15) is 18.3 Å². The van der Waals surface area contributed by atoms with Crippen LogP contribution >= 0.6 is 0 Å². The molecule has 0 aromatic carbocycles. The molecule has 0 amide bonds. The summed E-state index contributed by atoms with van der Waals surface area (Å²) in [6.45, 7) is 4.74. The zero-order chi connectivity index (χ0) is 9.84. The molecule has 0 aliphatic rings. The highest BCUT2D eigenvalue weighted by Crippen LogP contribution is 2.07. The van der Waals surface area contributed by atoms with Crippen LogP contribution in [-0.4, -0.2) is 22.6 Å². The molecule has 0 spiro atoms. The molecule has 1 heterocycles. The van der Waals surface area contributed by atoms with Gasteiger partial charge < -0.3 is 9.30 Å². The van der Waals surface area contributed by atoms with Gasteiger partial charge in [0.05, 0.1) is 31.2 Å². The molecule has 72 valence electrons. The van der Waals surface area contributed by atoms with E-state index in [0.29, 0.717) is 6.42 Å². The molecule has 1 aromatic heterocycles. The number of nitrogens with zero attached hydrogens (tertiary/aromatic N) is 2. The van der Waals surface area contributed by atoms with Gasteiger partial charge in [0, 0.05) is 6.54 Å². The summed E-state index contributed by atoms with van der Waals surface area (Å²) in [6, 6.07) is 0. The number of rotatable bonds is 3. The van der Waals surface area contributed by atoms with Crippen LogP contribution in [0.5, 0.6) is 0 Å². The Labute approximate surface area is 77.5 Å². The first-order valence-corrected chi connectivity index (χ1v) is 4.26. The van der Waals surface area contributed by atoms with Gasteiger partial charge in [-0.05, 0) is 13.8 Å². The first kappa shape index (κ1) is 9.77. The molecule has 0 N–H and O–H groups in total. The van der Waals surface area contributed by atoms with Crippen molar-refractivity contribution in [1.29, 1.82) is 0 Å². The van der Waals surface area contributed by atoms with Crippen LogP contribution in [0.15, 0.2) is 6.33 Å². The van der Waals surface area contributed by atoms with E-state index < -0.39 is 0 Å². The molecule has 1 aromatic rings. The summed E-state index contributed by atoms with van der Waals surface area (Å²) in [5.74, 6) is -0.224. The Morgan fingerprint density at radius 3 is 2.92 bits per heavy atom. The molecule has 4 nitrogen and oxygen atoms in total. The molecule has 0 saturated carbocycles. The van der Waals surface area contributed by atoms with Crippen LogP contribution in [-0.2, 0) is 22.5 Å². The average molecular weight is 182 g/mol. The second-order valence-electron chi connectivity index (χ2n) is 2.82. The molecule has 0 unspecified atom stereocenters. The maximum Gasteiger partial charge on any atom is 0.311 e. The minimum absolute atomic E-state index is 0.224. The van der Waals surface area contributed by atoms with Gasteiger partial charge in [0.1, 0.15) is 0 Å². The van der Waals surface area contributed by atoms with Crippen LogP contribution in [0.2, 0.25) is 0 Å². The molecule has 1 rings (SSSR count). The number of esters is 1. The molecular weight excluding hydrogens is 168 g/mol. The topological polar surface area (TPSA) is 44.1 Å². The van der Waals surface area contributed by atoms with Crippen molar-refractivity contribution in [2.45, 2.75) is 26.8 Å². The van der Waals surface area contributed by atoms with Crippen molar-refractivity contribution in [3.8, 4) is 0 Å². The second-order valence-corrected chi connectivity index (χ2v) is 2.82. The number of hydrogen-bond donors (Lipinski definition) is 0. The minimum atomic E-state index is -0.224. The normalized spacial score (nSPS) is 10.1. The molecule has 0 aliphatic heterocycles. The van der Waals surface area contributed by atoms with E-state index in [4.69, 9.17) is 0 Å². The summed E-state index contributed by atoms with van der Waals surface area (Å²) in [4.78, 5) is 15.2. The Morgan fingerprint density at radius 1 is 1.69 bits per heavy atom. The molecule has 0 bridgehead atoms. The van der Waals surface area contributed by atoms with Gasteiger partial charge in [0.15, 0.2) is 0 Å². The Morgan fingerprint density at radius 2 is 2.38 bits per heavy atom. The summed E-state index contributed by atoms with van der Waals surface area (Å²) in [5, 5.41) is 0. The third-order valence-corrected chi connectivity index (χ3v) is 2.04. The number of ether oxygens (including phenoxy) is 1. The summed E-state index contributed by atoms with van der Waals surface area (Å²) >= 11 is 0. The molecule has 0 atom stereocenters. The SMILES string of the molecule is CCn1cnc(C)c1CC(=O)OC.